The van der Waals surface area contributed by atoms with Crippen molar-refractivity contribution >= 4 is 19.2 Å². The summed E-state index contributed by atoms with van der Waals surface area (Å²) in [5.74, 6) is 0. The Labute approximate surface area is 161 Å². The van der Waals surface area contributed by atoms with E-state index in [-0.39, 0.29) is 12.0 Å². The van der Waals surface area contributed by atoms with Crippen LogP contribution in [0.15, 0.2) is 36.4 Å². The molecule has 1 aliphatic heterocycles. The number of nitrogens with zero attached hydrogens (tertiary/aromatic N) is 1. The summed E-state index contributed by atoms with van der Waals surface area (Å²) in [5, 5.41) is 0. The Balaban J connectivity index is 1.89. The Kier molecular flexibility index (Phi) is 5.51. The fourth-order valence-corrected chi connectivity index (χ4v) is 4.21. The quantitative estimate of drug-likeness (QED) is 0.539. The van der Waals surface area contributed by atoms with E-state index < -0.39 is 7.82 Å². The molecule has 0 aromatic heterocycles. The van der Waals surface area contributed by atoms with Crippen LogP contribution < -0.4 is 4.90 Å². The second-order valence-electron chi connectivity index (χ2n) is 7.85. The maximum Gasteiger partial charge on any atom is 0.469 e. The number of phosphoric acid groups is 1. The number of hydrogen-bond acceptors (Lipinski definition) is 3. The summed E-state index contributed by atoms with van der Waals surface area (Å²) in [6, 6.07) is 13.2. The first-order chi connectivity index (χ1) is 12.6. The third-order valence-electron chi connectivity index (χ3n) is 5.27. The van der Waals surface area contributed by atoms with E-state index in [4.69, 9.17) is 9.79 Å². The van der Waals surface area contributed by atoms with Gasteiger partial charge in [-0.25, -0.2) is 4.57 Å². The molecule has 0 radical (unpaired) electrons. The molecule has 0 spiro atoms. The average molecular weight is 389 g/mol. The molecule has 0 saturated heterocycles. The van der Waals surface area contributed by atoms with E-state index in [0.717, 1.165) is 13.0 Å². The van der Waals surface area contributed by atoms with Crippen molar-refractivity contribution in [2.45, 2.75) is 46.0 Å². The summed E-state index contributed by atoms with van der Waals surface area (Å²) in [7, 11) is -4.39. The maximum absolute atomic E-state index is 10.8. The molecular weight excluding hydrogens is 361 g/mol. The van der Waals surface area contributed by atoms with Gasteiger partial charge in [-0.3, -0.25) is 4.52 Å². The lowest BCUT2D eigenvalue weighted by Gasteiger charge is -2.42. The van der Waals surface area contributed by atoms with E-state index in [1.165, 1.54) is 33.6 Å². The van der Waals surface area contributed by atoms with Crippen LogP contribution >= 0.6 is 7.82 Å². The molecule has 0 aliphatic carbocycles. The predicted molar refractivity (Wildman–Crippen MR) is 109 cm³/mol. The van der Waals surface area contributed by atoms with Crippen molar-refractivity contribution in [2.75, 3.05) is 18.1 Å². The van der Waals surface area contributed by atoms with Crippen molar-refractivity contribution in [3.8, 4) is 0 Å². The summed E-state index contributed by atoms with van der Waals surface area (Å²) >= 11 is 0. The first-order valence-electron chi connectivity index (χ1n) is 9.29. The van der Waals surface area contributed by atoms with Gasteiger partial charge in [-0.2, -0.15) is 0 Å². The van der Waals surface area contributed by atoms with Crippen molar-refractivity contribution in [3.05, 3.63) is 58.7 Å². The highest BCUT2D eigenvalue weighted by Gasteiger charge is 2.36. The SMILES string of the molecule is Cc1ccc2c(c1)C(C)(C)c1cc(C)ccc1N2CCCCOP(=O)(O)O. The smallest absolute Gasteiger partial charge is 0.341 e. The number of fused-ring (bicyclic) bond motifs is 2. The highest BCUT2D eigenvalue weighted by molar-refractivity contribution is 7.46. The van der Waals surface area contributed by atoms with Crippen LogP contribution in [0.25, 0.3) is 0 Å². The summed E-state index contributed by atoms with van der Waals surface area (Å²) in [6.07, 6.45) is 1.37. The zero-order valence-corrected chi connectivity index (χ0v) is 17.3. The molecule has 1 heterocycles. The lowest BCUT2D eigenvalue weighted by atomic mass is 9.73. The first-order valence-corrected chi connectivity index (χ1v) is 10.8. The predicted octanol–water partition coefficient (Wildman–Crippen LogP) is 4.97. The Morgan fingerprint density at radius 1 is 0.963 bits per heavy atom. The van der Waals surface area contributed by atoms with E-state index in [1.54, 1.807) is 0 Å². The average Bonchev–Trinajstić information content (AvgIpc) is 2.57. The van der Waals surface area contributed by atoms with E-state index in [9.17, 15) is 4.57 Å². The molecule has 0 bridgehead atoms. The molecule has 5 nitrogen and oxygen atoms in total. The van der Waals surface area contributed by atoms with Gasteiger partial charge in [-0.15, -0.1) is 0 Å². The molecule has 146 valence electrons. The Morgan fingerprint density at radius 2 is 1.48 bits per heavy atom. The topological polar surface area (TPSA) is 70.0 Å². The number of unbranched alkanes of at least 4 members (excludes halogenated alkanes) is 1. The largest absolute Gasteiger partial charge is 0.469 e. The third kappa shape index (κ3) is 4.27. The standard InChI is InChI=1S/C21H28NO4P/c1-15-7-9-19-17(13-15)21(3,4)18-14-16(2)8-10-20(18)22(19)11-5-6-12-26-27(23,24)25/h7-10,13-14H,5-6,11-12H2,1-4H3,(H2,23,24,25). The monoisotopic (exact) mass is 389 g/mol. The molecule has 0 amide bonds. The van der Waals surface area contributed by atoms with Crippen LogP contribution in [0.4, 0.5) is 11.4 Å². The number of benzene rings is 2. The highest BCUT2D eigenvalue weighted by atomic mass is 31.2. The second-order valence-corrected chi connectivity index (χ2v) is 9.09. The fourth-order valence-electron chi connectivity index (χ4n) is 3.84. The molecule has 0 fully saturated rings. The number of hydrogen-bond donors (Lipinski definition) is 2. The third-order valence-corrected chi connectivity index (χ3v) is 5.79. The zero-order chi connectivity index (χ0) is 19.8. The molecule has 0 saturated carbocycles. The number of aryl methyl sites for hydroxylation is 2. The van der Waals surface area contributed by atoms with E-state index in [1.807, 2.05) is 0 Å². The van der Waals surface area contributed by atoms with Crippen LogP contribution in [-0.2, 0) is 14.5 Å². The molecule has 2 aromatic carbocycles. The van der Waals surface area contributed by atoms with Crippen LogP contribution in [0.3, 0.4) is 0 Å². The van der Waals surface area contributed by atoms with Crippen LogP contribution in [0.1, 0.15) is 48.9 Å². The van der Waals surface area contributed by atoms with E-state index in [0.29, 0.717) is 6.42 Å². The molecule has 0 unspecified atom stereocenters. The van der Waals surface area contributed by atoms with Gasteiger partial charge in [-0.05, 0) is 49.9 Å². The molecule has 3 rings (SSSR count). The van der Waals surface area contributed by atoms with Gasteiger partial charge in [0.25, 0.3) is 0 Å². The first kappa shape index (κ1) is 20.1. The fraction of sp³-hybridized carbons (Fsp3) is 0.429. The van der Waals surface area contributed by atoms with Crippen LogP contribution in [-0.4, -0.2) is 22.9 Å². The maximum atomic E-state index is 10.8. The van der Waals surface area contributed by atoms with Crippen molar-refractivity contribution in [1.29, 1.82) is 0 Å². The number of anilines is 2. The zero-order valence-electron chi connectivity index (χ0n) is 16.4. The summed E-state index contributed by atoms with van der Waals surface area (Å²) in [5.41, 5.74) is 7.44. The summed E-state index contributed by atoms with van der Waals surface area (Å²) < 4.78 is 15.4. The minimum Gasteiger partial charge on any atom is -0.341 e. The Morgan fingerprint density at radius 3 is 1.96 bits per heavy atom. The molecule has 2 aromatic rings. The Hall–Kier alpha value is -1.65. The normalized spacial score (nSPS) is 15.4. The highest BCUT2D eigenvalue weighted by Crippen LogP contribution is 2.49. The van der Waals surface area contributed by atoms with Gasteiger partial charge in [0.15, 0.2) is 0 Å². The number of rotatable bonds is 6. The number of phosphoric ester groups is 1. The van der Waals surface area contributed by atoms with Crippen molar-refractivity contribution in [1.82, 2.24) is 0 Å². The van der Waals surface area contributed by atoms with Gasteiger partial charge in [0.05, 0.1) is 6.61 Å². The lowest BCUT2D eigenvalue weighted by molar-refractivity contribution is 0.194. The van der Waals surface area contributed by atoms with E-state index in [2.05, 4.69) is 73.5 Å². The van der Waals surface area contributed by atoms with Crippen molar-refractivity contribution < 1.29 is 18.9 Å². The van der Waals surface area contributed by atoms with Gasteiger partial charge in [0.1, 0.15) is 0 Å². The molecule has 0 atom stereocenters. The van der Waals surface area contributed by atoms with Gasteiger partial charge >= 0.3 is 7.82 Å². The molecular formula is C21H28NO4P. The second kappa shape index (κ2) is 7.40. The summed E-state index contributed by atoms with van der Waals surface area (Å²) in [6.45, 7) is 9.61. The lowest BCUT2D eigenvalue weighted by Crippen LogP contribution is -2.33. The van der Waals surface area contributed by atoms with Crippen LogP contribution in [0.5, 0.6) is 0 Å². The minimum absolute atomic E-state index is 0.0606. The van der Waals surface area contributed by atoms with Gasteiger partial charge in [0.2, 0.25) is 0 Å². The Bertz CT molecular complexity index is 832. The van der Waals surface area contributed by atoms with Crippen LogP contribution in [0, 0.1) is 13.8 Å². The summed E-state index contributed by atoms with van der Waals surface area (Å²) in [4.78, 5) is 20.0. The van der Waals surface area contributed by atoms with Gasteiger partial charge < -0.3 is 14.7 Å². The van der Waals surface area contributed by atoms with Crippen molar-refractivity contribution in [2.24, 2.45) is 0 Å². The molecule has 2 N–H and O–H groups in total. The molecule has 6 heteroatoms. The van der Waals surface area contributed by atoms with Gasteiger partial charge in [0, 0.05) is 23.3 Å². The molecule has 27 heavy (non-hydrogen) atoms. The van der Waals surface area contributed by atoms with Gasteiger partial charge in [-0.1, -0.05) is 49.2 Å². The molecule has 1 aliphatic rings. The van der Waals surface area contributed by atoms with E-state index >= 15 is 0 Å². The van der Waals surface area contributed by atoms with Crippen molar-refractivity contribution in [3.63, 3.8) is 0 Å². The minimum atomic E-state index is -4.39. The van der Waals surface area contributed by atoms with Crippen LogP contribution in [0.2, 0.25) is 0 Å².